The predicted octanol–water partition coefficient (Wildman–Crippen LogP) is 3.74. The lowest BCUT2D eigenvalue weighted by Gasteiger charge is -2.16. The van der Waals surface area contributed by atoms with E-state index in [1.165, 1.54) is 6.42 Å². The quantitative estimate of drug-likeness (QED) is 0.454. The Morgan fingerprint density at radius 1 is 1.14 bits per heavy atom. The van der Waals surface area contributed by atoms with Crippen molar-refractivity contribution in [3.63, 3.8) is 0 Å². The number of hydrogen-bond acceptors (Lipinski definition) is 4. The van der Waals surface area contributed by atoms with Crippen LogP contribution in [0.2, 0.25) is 0 Å². The van der Waals surface area contributed by atoms with Crippen LogP contribution < -0.4 is 0 Å². The topological polar surface area (TPSA) is 35.5 Å². The largest absolute Gasteiger partial charge is 0.340 e. The van der Waals surface area contributed by atoms with Crippen molar-refractivity contribution in [3.8, 4) is 0 Å². The first-order valence-electron chi connectivity index (χ1n) is 5.14. The third kappa shape index (κ3) is 6.88. The lowest BCUT2D eigenvalue weighted by molar-refractivity contribution is 0.224. The van der Waals surface area contributed by atoms with Crippen molar-refractivity contribution in [2.45, 2.75) is 33.6 Å². The summed E-state index contributed by atoms with van der Waals surface area (Å²) in [5.74, 6) is 1.03. The van der Waals surface area contributed by atoms with E-state index in [1.54, 1.807) is 11.8 Å². The van der Waals surface area contributed by atoms with E-state index in [0.717, 1.165) is 12.2 Å². The fourth-order valence-corrected chi connectivity index (χ4v) is 4.29. The van der Waals surface area contributed by atoms with Gasteiger partial charge in [-0.1, -0.05) is 13.3 Å². The average Bonchev–Trinajstić information content (AvgIpc) is 2.13. The number of hydrogen-bond donors (Lipinski definition) is 0. The zero-order valence-corrected chi connectivity index (χ0v) is 11.0. The minimum atomic E-state index is -2.80. The molecule has 5 heteroatoms. The van der Waals surface area contributed by atoms with E-state index in [0.29, 0.717) is 18.7 Å². The Bertz CT molecular complexity index is 165. The number of thioether (sulfide) groups is 1. The van der Waals surface area contributed by atoms with Crippen molar-refractivity contribution in [1.82, 2.24) is 0 Å². The van der Waals surface area contributed by atoms with E-state index in [9.17, 15) is 4.57 Å². The highest BCUT2D eigenvalue weighted by atomic mass is 32.2. The minimum absolute atomic E-state index is 0.450. The number of unbranched alkanes of at least 4 members (excludes halogenated alkanes) is 1. The Labute approximate surface area is 91.5 Å². The van der Waals surface area contributed by atoms with Crippen LogP contribution in [0.25, 0.3) is 0 Å². The first-order chi connectivity index (χ1) is 6.68. The normalized spacial score (nSPS) is 11.9. The third-order valence-electron chi connectivity index (χ3n) is 1.54. The van der Waals surface area contributed by atoms with E-state index in [4.69, 9.17) is 9.05 Å². The van der Waals surface area contributed by atoms with Gasteiger partial charge < -0.3 is 9.05 Å². The van der Waals surface area contributed by atoms with E-state index < -0.39 is 7.60 Å². The van der Waals surface area contributed by atoms with Gasteiger partial charge in [0.05, 0.1) is 18.7 Å². The smallest absolute Gasteiger partial charge is 0.308 e. The monoisotopic (exact) mass is 240 g/mol. The fourth-order valence-electron chi connectivity index (χ4n) is 0.928. The molecule has 3 nitrogen and oxygen atoms in total. The van der Waals surface area contributed by atoms with E-state index in [1.807, 2.05) is 13.8 Å². The van der Waals surface area contributed by atoms with Gasteiger partial charge >= 0.3 is 7.60 Å². The molecule has 0 aromatic carbocycles. The summed E-state index contributed by atoms with van der Waals surface area (Å²) in [5, 5.41) is 0. The molecular formula is C9H21O3PS. The van der Waals surface area contributed by atoms with Crippen LogP contribution >= 0.6 is 19.4 Å². The number of rotatable bonds is 9. The molecule has 0 aliphatic heterocycles. The summed E-state index contributed by atoms with van der Waals surface area (Å²) < 4.78 is 22.2. The summed E-state index contributed by atoms with van der Waals surface area (Å²) in [6, 6.07) is 0. The van der Waals surface area contributed by atoms with Crippen molar-refractivity contribution >= 4 is 19.4 Å². The molecule has 0 N–H and O–H groups in total. The molecular weight excluding hydrogens is 219 g/mol. The van der Waals surface area contributed by atoms with E-state index in [-0.39, 0.29) is 0 Å². The Morgan fingerprint density at radius 3 is 2.14 bits per heavy atom. The van der Waals surface area contributed by atoms with E-state index >= 15 is 0 Å². The molecule has 0 unspecified atom stereocenters. The fraction of sp³-hybridized carbons (Fsp3) is 1.00. The average molecular weight is 240 g/mol. The first-order valence-corrected chi connectivity index (χ1v) is 8.02. The second kappa shape index (κ2) is 8.78. The molecule has 0 aliphatic rings. The molecule has 0 aromatic rings. The summed E-state index contributed by atoms with van der Waals surface area (Å²) in [6.45, 7) is 6.72. The first kappa shape index (κ1) is 14.5. The minimum Gasteiger partial charge on any atom is -0.308 e. The van der Waals surface area contributed by atoms with Crippen molar-refractivity contribution in [3.05, 3.63) is 0 Å². The van der Waals surface area contributed by atoms with Gasteiger partial charge in [0.1, 0.15) is 0 Å². The maximum absolute atomic E-state index is 11.9. The third-order valence-corrected chi connectivity index (χ3v) is 5.42. The van der Waals surface area contributed by atoms with Gasteiger partial charge in [-0.05, 0) is 26.0 Å². The van der Waals surface area contributed by atoms with Crippen LogP contribution in [0.1, 0.15) is 33.6 Å². The molecule has 0 bridgehead atoms. The van der Waals surface area contributed by atoms with Gasteiger partial charge in [0.15, 0.2) is 0 Å². The second-order valence-corrected chi connectivity index (χ2v) is 6.42. The summed E-state index contributed by atoms with van der Waals surface area (Å²) >= 11 is 1.65. The van der Waals surface area contributed by atoms with Gasteiger partial charge in [-0.2, -0.15) is 0 Å². The van der Waals surface area contributed by atoms with Crippen LogP contribution in [0, 0.1) is 0 Å². The zero-order chi connectivity index (χ0) is 10.9. The molecule has 0 aliphatic carbocycles. The molecule has 0 spiro atoms. The Hall–Kier alpha value is 0.500. The maximum Gasteiger partial charge on any atom is 0.340 e. The van der Waals surface area contributed by atoms with Gasteiger partial charge in [0, 0.05) is 0 Å². The Kier molecular flexibility index (Phi) is 9.09. The molecule has 0 saturated carbocycles. The van der Waals surface area contributed by atoms with Gasteiger partial charge in [-0.25, -0.2) is 0 Å². The van der Waals surface area contributed by atoms with E-state index in [2.05, 4.69) is 6.92 Å². The Balaban J connectivity index is 3.78. The molecule has 0 amide bonds. The molecule has 0 heterocycles. The van der Waals surface area contributed by atoms with Crippen molar-refractivity contribution < 1.29 is 13.6 Å². The van der Waals surface area contributed by atoms with Crippen molar-refractivity contribution in [2.24, 2.45) is 0 Å². The van der Waals surface area contributed by atoms with Gasteiger partial charge in [0.2, 0.25) is 0 Å². The van der Waals surface area contributed by atoms with Crippen LogP contribution in [0.4, 0.5) is 0 Å². The molecule has 0 radical (unpaired) electrons. The maximum atomic E-state index is 11.9. The van der Waals surface area contributed by atoms with Crippen LogP contribution in [0.3, 0.4) is 0 Å². The summed E-state index contributed by atoms with van der Waals surface area (Å²) in [6.07, 6.45) is 2.32. The zero-order valence-electron chi connectivity index (χ0n) is 9.32. The van der Waals surface area contributed by atoms with Crippen LogP contribution in [0.5, 0.6) is 0 Å². The van der Waals surface area contributed by atoms with Gasteiger partial charge in [-0.15, -0.1) is 11.8 Å². The molecule has 0 atom stereocenters. The second-order valence-electron chi connectivity index (χ2n) is 2.84. The summed E-state index contributed by atoms with van der Waals surface area (Å²) in [4.78, 5) is 0. The van der Waals surface area contributed by atoms with Gasteiger partial charge in [-0.3, -0.25) is 4.57 Å². The van der Waals surface area contributed by atoms with Gasteiger partial charge in [0.25, 0.3) is 0 Å². The van der Waals surface area contributed by atoms with Crippen LogP contribution in [0.15, 0.2) is 0 Å². The van der Waals surface area contributed by atoms with Crippen LogP contribution in [-0.4, -0.2) is 24.5 Å². The summed E-state index contributed by atoms with van der Waals surface area (Å²) in [5.41, 5.74) is 0.481. The highest BCUT2D eigenvalue weighted by Crippen LogP contribution is 2.50. The molecule has 0 fully saturated rings. The van der Waals surface area contributed by atoms with Crippen LogP contribution in [-0.2, 0) is 13.6 Å². The molecule has 0 saturated heterocycles. The summed E-state index contributed by atoms with van der Waals surface area (Å²) in [7, 11) is -2.80. The highest BCUT2D eigenvalue weighted by molar-refractivity contribution is 8.04. The highest BCUT2D eigenvalue weighted by Gasteiger charge is 2.22. The molecule has 0 rings (SSSR count). The lowest BCUT2D eigenvalue weighted by atomic mass is 10.4. The lowest BCUT2D eigenvalue weighted by Crippen LogP contribution is -1.98. The van der Waals surface area contributed by atoms with Crippen molar-refractivity contribution in [1.29, 1.82) is 0 Å². The predicted molar refractivity (Wildman–Crippen MR) is 63.1 cm³/mol. The molecule has 0 aromatic heterocycles. The SMILES string of the molecule is CCCCSCP(=O)(OCC)OCC. The van der Waals surface area contributed by atoms with Crippen molar-refractivity contribution in [2.75, 3.05) is 24.5 Å². The molecule has 86 valence electrons. The standard InChI is InChI=1S/C9H21O3PS/c1-4-7-8-14-9-13(10,11-5-2)12-6-3/h4-9H2,1-3H3. The Morgan fingerprint density at radius 2 is 1.71 bits per heavy atom. The molecule has 14 heavy (non-hydrogen) atoms.